The van der Waals surface area contributed by atoms with Gasteiger partial charge in [0.25, 0.3) is 0 Å². The van der Waals surface area contributed by atoms with Gasteiger partial charge in [-0.15, -0.1) is 11.8 Å². The fraction of sp³-hybridized carbons (Fsp3) is 0.316. The summed E-state index contributed by atoms with van der Waals surface area (Å²) in [5.41, 5.74) is 2.07. The van der Waals surface area contributed by atoms with Crippen LogP contribution in [0.3, 0.4) is 0 Å². The van der Waals surface area contributed by atoms with Crippen LogP contribution in [0, 0.1) is 0 Å². The van der Waals surface area contributed by atoms with E-state index in [-0.39, 0.29) is 5.91 Å². The molecule has 1 amide bonds. The van der Waals surface area contributed by atoms with Gasteiger partial charge in [-0.3, -0.25) is 4.79 Å². The molecule has 0 saturated heterocycles. The number of ether oxygens (including phenoxy) is 1. The second-order valence-corrected chi connectivity index (χ2v) is 7.67. The Kier molecular flexibility index (Phi) is 7.66. The predicted molar refractivity (Wildman–Crippen MR) is 106 cm³/mol. The van der Waals surface area contributed by atoms with E-state index in [1.54, 1.807) is 11.8 Å². The lowest BCUT2D eigenvalue weighted by molar-refractivity contribution is -0.113. The molecule has 2 rings (SSSR count). The van der Waals surface area contributed by atoms with Crippen molar-refractivity contribution in [1.82, 2.24) is 0 Å². The molecule has 0 atom stereocenters. The maximum atomic E-state index is 12.1. The molecule has 0 heterocycles. The fourth-order valence-corrected chi connectivity index (χ4v) is 3.08. The van der Waals surface area contributed by atoms with Crippen molar-refractivity contribution >= 4 is 39.3 Å². The zero-order valence-corrected chi connectivity index (χ0v) is 16.3. The molecule has 0 aliphatic heterocycles. The van der Waals surface area contributed by atoms with Crippen molar-refractivity contribution in [3.8, 4) is 5.75 Å². The minimum absolute atomic E-state index is 0.0248. The number of hydrogen-bond acceptors (Lipinski definition) is 3. The van der Waals surface area contributed by atoms with Gasteiger partial charge in [0.15, 0.2) is 0 Å². The molecule has 0 saturated carbocycles. The average molecular weight is 408 g/mol. The van der Waals surface area contributed by atoms with Crippen LogP contribution in [0.2, 0.25) is 0 Å². The van der Waals surface area contributed by atoms with E-state index in [1.807, 2.05) is 42.5 Å². The monoisotopic (exact) mass is 407 g/mol. The first-order chi connectivity index (χ1) is 11.6. The number of amides is 1. The number of carbonyl (C=O) groups excluding carboxylic acids is 1. The Hall–Kier alpha value is -1.46. The van der Waals surface area contributed by atoms with E-state index >= 15 is 0 Å². The minimum Gasteiger partial charge on any atom is -0.493 e. The number of para-hydroxylation sites is 1. The average Bonchev–Trinajstić information content (AvgIpc) is 2.56. The second kappa shape index (κ2) is 9.74. The smallest absolute Gasteiger partial charge is 0.234 e. The molecule has 2 aromatic rings. The van der Waals surface area contributed by atoms with E-state index < -0.39 is 0 Å². The van der Waals surface area contributed by atoms with E-state index in [0.29, 0.717) is 18.3 Å². The summed E-state index contributed by atoms with van der Waals surface area (Å²) in [6.07, 6.45) is 0. The topological polar surface area (TPSA) is 38.3 Å². The number of benzene rings is 2. The lowest BCUT2D eigenvalue weighted by Gasteiger charge is -2.13. The van der Waals surface area contributed by atoms with Crippen molar-refractivity contribution < 1.29 is 9.53 Å². The lowest BCUT2D eigenvalue weighted by Crippen LogP contribution is -2.16. The highest BCUT2D eigenvalue weighted by Crippen LogP contribution is 2.23. The molecule has 0 bridgehead atoms. The van der Waals surface area contributed by atoms with Gasteiger partial charge in [0.2, 0.25) is 5.91 Å². The Labute approximate surface area is 156 Å². The van der Waals surface area contributed by atoms with Crippen LogP contribution in [0.5, 0.6) is 5.75 Å². The molecule has 2 aromatic carbocycles. The molecule has 128 valence electrons. The van der Waals surface area contributed by atoms with Crippen molar-refractivity contribution in [2.75, 3.05) is 23.4 Å². The Morgan fingerprint density at radius 2 is 1.88 bits per heavy atom. The summed E-state index contributed by atoms with van der Waals surface area (Å²) in [4.78, 5) is 12.1. The molecule has 0 fully saturated rings. The van der Waals surface area contributed by atoms with Gasteiger partial charge < -0.3 is 10.1 Å². The minimum atomic E-state index is 0.0248. The highest BCUT2D eigenvalue weighted by Gasteiger charge is 2.09. The van der Waals surface area contributed by atoms with Gasteiger partial charge in [0.1, 0.15) is 5.75 Å². The largest absolute Gasteiger partial charge is 0.493 e. The van der Waals surface area contributed by atoms with Crippen molar-refractivity contribution in [1.29, 1.82) is 0 Å². The lowest BCUT2D eigenvalue weighted by atomic mass is 10.0. The van der Waals surface area contributed by atoms with Crippen LogP contribution in [-0.2, 0) is 4.79 Å². The van der Waals surface area contributed by atoms with Crippen LogP contribution in [0.1, 0.15) is 25.3 Å². The Bertz CT molecular complexity index is 659. The summed E-state index contributed by atoms with van der Waals surface area (Å²) >= 11 is 4.96. The van der Waals surface area contributed by atoms with Gasteiger partial charge in [-0.1, -0.05) is 48.0 Å². The molecule has 0 unspecified atom stereocenters. The first kappa shape index (κ1) is 18.9. The Morgan fingerprint density at radius 3 is 2.58 bits per heavy atom. The number of halogens is 1. The molecule has 0 aromatic heterocycles. The van der Waals surface area contributed by atoms with Crippen molar-refractivity contribution in [3.63, 3.8) is 0 Å². The van der Waals surface area contributed by atoms with Gasteiger partial charge in [0.05, 0.1) is 12.4 Å². The SMILES string of the molecule is CC(C)c1ccccc1NC(=O)CSCCOc1ccc(Br)cc1. The molecule has 0 radical (unpaired) electrons. The zero-order chi connectivity index (χ0) is 17.4. The predicted octanol–water partition coefficient (Wildman–Crippen LogP) is 5.32. The first-order valence-corrected chi connectivity index (χ1v) is 9.86. The third kappa shape index (κ3) is 6.21. The van der Waals surface area contributed by atoms with E-state index in [0.717, 1.165) is 27.2 Å². The number of rotatable bonds is 8. The van der Waals surface area contributed by atoms with Gasteiger partial charge in [0, 0.05) is 15.9 Å². The number of hydrogen-bond donors (Lipinski definition) is 1. The summed E-state index contributed by atoms with van der Waals surface area (Å²) in [5.74, 6) is 2.45. The number of anilines is 1. The van der Waals surface area contributed by atoms with Crippen LogP contribution in [0.4, 0.5) is 5.69 Å². The zero-order valence-electron chi connectivity index (χ0n) is 13.9. The van der Waals surface area contributed by atoms with Crippen LogP contribution < -0.4 is 10.1 Å². The summed E-state index contributed by atoms with van der Waals surface area (Å²) in [6.45, 7) is 4.83. The standard InChI is InChI=1S/C19H22BrNO2S/c1-14(2)17-5-3-4-6-18(17)21-19(22)13-24-12-11-23-16-9-7-15(20)8-10-16/h3-10,14H,11-13H2,1-2H3,(H,21,22). The van der Waals surface area contributed by atoms with Gasteiger partial charge in [-0.2, -0.15) is 0 Å². The van der Waals surface area contributed by atoms with Crippen LogP contribution in [0.15, 0.2) is 53.0 Å². The highest BCUT2D eigenvalue weighted by atomic mass is 79.9. The molecule has 0 aliphatic rings. The molecule has 0 spiro atoms. The van der Waals surface area contributed by atoms with Crippen molar-refractivity contribution in [2.45, 2.75) is 19.8 Å². The fourth-order valence-electron chi connectivity index (χ4n) is 2.21. The maximum Gasteiger partial charge on any atom is 0.234 e. The van der Waals surface area contributed by atoms with E-state index in [9.17, 15) is 4.79 Å². The van der Waals surface area contributed by atoms with E-state index in [2.05, 4.69) is 41.2 Å². The first-order valence-electron chi connectivity index (χ1n) is 7.91. The summed E-state index contributed by atoms with van der Waals surface area (Å²) in [5, 5.41) is 3.00. The Balaban J connectivity index is 1.69. The third-order valence-electron chi connectivity index (χ3n) is 3.40. The summed E-state index contributed by atoms with van der Waals surface area (Å²) in [6, 6.07) is 15.7. The van der Waals surface area contributed by atoms with Gasteiger partial charge in [-0.25, -0.2) is 0 Å². The van der Waals surface area contributed by atoms with Crippen molar-refractivity contribution in [3.05, 3.63) is 58.6 Å². The molecule has 1 N–H and O–H groups in total. The highest BCUT2D eigenvalue weighted by molar-refractivity contribution is 9.10. The van der Waals surface area contributed by atoms with Crippen molar-refractivity contribution in [2.24, 2.45) is 0 Å². The molecule has 3 nitrogen and oxygen atoms in total. The van der Waals surface area contributed by atoms with Crippen LogP contribution in [0.25, 0.3) is 0 Å². The summed E-state index contributed by atoms with van der Waals surface area (Å²) in [7, 11) is 0. The van der Waals surface area contributed by atoms with Crippen LogP contribution >= 0.6 is 27.7 Å². The maximum absolute atomic E-state index is 12.1. The third-order valence-corrected chi connectivity index (χ3v) is 4.85. The molecule has 0 aliphatic carbocycles. The van der Waals surface area contributed by atoms with Gasteiger partial charge in [-0.05, 0) is 41.8 Å². The Morgan fingerprint density at radius 1 is 1.17 bits per heavy atom. The van der Waals surface area contributed by atoms with Crippen LogP contribution in [-0.4, -0.2) is 24.0 Å². The molecule has 24 heavy (non-hydrogen) atoms. The number of carbonyl (C=O) groups is 1. The molecule has 5 heteroatoms. The summed E-state index contributed by atoms with van der Waals surface area (Å²) < 4.78 is 6.67. The van der Waals surface area contributed by atoms with Gasteiger partial charge >= 0.3 is 0 Å². The molecular formula is C19H22BrNO2S. The number of nitrogens with one attached hydrogen (secondary N) is 1. The normalized spacial score (nSPS) is 10.7. The number of thioether (sulfide) groups is 1. The quantitative estimate of drug-likeness (QED) is 0.601. The van der Waals surface area contributed by atoms with E-state index in [1.165, 1.54) is 0 Å². The van der Waals surface area contributed by atoms with E-state index in [4.69, 9.17) is 4.74 Å². The molecular weight excluding hydrogens is 386 g/mol. The second-order valence-electron chi connectivity index (χ2n) is 5.65.